The van der Waals surface area contributed by atoms with Crippen molar-refractivity contribution in [1.82, 2.24) is 9.62 Å². The number of nitrogens with zero attached hydrogens (tertiary/aromatic N) is 1. The first-order valence-electron chi connectivity index (χ1n) is 6.62. The average molecular weight is 302 g/mol. The second-order valence-electron chi connectivity index (χ2n) is 4.80. The van der Waals surface area contributed by atoms with Gasteiger partial charge in [-0.2, -0.15) is 0 Å². The molecule has 0 aliphatic heterocycles. The van der Waals surface area contributed by atoms with Gasteiger partial charge in [0.1, 0.15) is 5.76 Å². The molecule has 0 saturated heterocycles. The summed E-state index contributed by atoms with van der Waals surface area (Å²) in [4.78, 5) is 13.9. The van der Waals surface area contributed by atoms with Crippen molar-refractivity contribution in [2.75, 3.05) is 12.8 Å². The molecule has 20 heavy (non-hydrogen) atoms. The van der Waals surface area contributed by atoms with E-state index in [1.807, 2.05) is 6.92 Å². The molecule has 1 aromatic rings. The van der Waals surface area contributed by atoms with Gasteiger partial charge in [-0.05, 0) is 25.5 Å². The van der Waals surface area contributed by atoms with Crippen molar-refractivity contribution in [2.24, 2.45) is 0 Å². The molecule has 1 amide bonds. The van der Waals surface area contributed by atoms with Crippen molar-refractivity contribution >= 4 is 15.9 Å². The molecule has 0 aliphatic rings. The number of sulfonamides is 1. The first-order valence-corrected chi connectivity index (χ1v) is 8.51. The van der Waals surface area contributed by atoms with E-state index >= 15 is 0 Å². The second kappa shape index (κ2) is 7.44. The third-order valence-corrected chi connectivity index (χ3v) is 3.56. The molecule has 1 atom stereocenters. The van der Waals surface area contributed by atoms with E-state index in [1.165, 1.54) is 0 Å². The first-order chi connectivity index (χ1) is 9.33. The van der Waals surface area contributed by atoms with Gasteiger partial charge in [0.15, 0.2) is 0 Å². The van der Waals surface area contributed by atoms with E-state index in [1.54, 1.807) is 30.2 Å². The van der Waals surface area contributed by atoms with Crippen LogP contribution in [0.1, 0.15) is 32.4 Å². The summed E-state index contributed by atoms with van der Waals surface area (Å²) in [7, 11) is -3.41. The summed E-state index contributed by atoms with van der Waals surface area (Å²) in [6.45, 7) is 4.51. The Kier molecular flexibility index (Phi) is 6.22. The Balaban J connectivity index is 2.73. The molecule has 114 valence electrons. The van der Waals surface area contributed by atoms with Gasteiger partial charge in [0.05, 0.1) is 25.1 Å². The predicted molar refractivity (Wildman–Crippen MR) is 76.5 cm³/mol. The van der Waals surface area contributed by atoms with Crippen molar-refractivity contribution in [2.45, 2.75) is 39.3 Å². The van der Waals surface area contributed by atoms with Crippen LogP contribution in [0.25, 0.3) is 0 Å². The van der Waals surface area contributed by atoms with Crippen LogP contribution in [0.2, 0.25) is 0 Å². The highest BCUT2D eigenvalue weighted by Crippen LogP contribution is 2.09. The minimum atomic E-state index is -3.41. The minimum absolute atomic E-state index is 0.250. The fraction of sp³-hybridized carbons (Fsp3) is 0.615. The van der Waals surface area contributed by atoms with Gasteiger partial charge in [0.25, 0.3) is 0 Å². The van der Waals surface area contributed by atoms with E-state index in [4.69, 9.17) is 4.42 Å². The standard InChI is InChI=1S/C13H22N2O4S/c1-4-5-8-15(10-12-7-6-9-19-12)13(16)11(2)14-20(3,17)18/h6-7,9,11,14H,4-5,8,10H2,1-3H3/t11-/m1/s1. The van der Waals surface area contributed by atoms with Crippen LogP contribution in [0, 0.1) is 0 Å². The van der Waals surface area contributed by atoms with Gasteiger partial charge in [-0.15, -0.1) is 0 Å². The zero-order chi connectivity index (χ0) is 15.2. The molecule has 0 spiro atoms. The number of furan rings is 1. The fourth-order valence-corrected chi connectivity index (χ4v) is 2.60. The number of rotatable bonds is 8. The molecule has 0 saturated carbocycles. The van der Waals surface area contributed by atoms with Gasteiger partial charge in [0.2, 0.25) is 15.9 Å². The zero-order valence-electron chi connectivity index (χ0n) is 12.1. The number of unbranched alkanes of at least 4 members (excludes halogenated alkanes) is 1. The van der Waals surface area contributed by atoms with E-state index in [0.717, 1.165) is 19.1 Å². The Morgan fingerprint density at radius 2 is 2.20 bits per heavy atom. The summed E-state index contributed by atoms with van der Waals surface area (Å²) < 4.78 is 29.9. The van der Waals surface area contributed by atoms with Gasteiger partial charge in [-0.25, -0.2) is 13.1 Å². The summed E-state index contributed by atoms with van der Waals surface area (Å²) in [6, 6.07) is 2.77. The predicted octanol–water partition coefficient (Wildman–Crippen LogP) is 1.35. The Labute approximate surface area is 120 Å². The van der Waals surface area contributed by atoms with E-state index < -0.39 is 16.1 Å². The third-order valence-electron chi connectivity index (χ3n) is 2.78. The lowest BCUT2D eigenvalue weighted by molar-refractivity contribution is -0.133. The number of hydrogen-bond donors (Lipinski definition) is 1. The lowest BCUT2D eigenvalue weighted by Crippen LogP contribution is -2.46. The SMILES string of the molecule is CCCCN(Cc1ccco1)C(=O)[C@@H](C)NS(C)(=O)=O. The summed E-state index contributed by atoms with van der Waals surface area (Å²) >= 11 is 0. The highest BCUT2D eigenvalue weighted by molar-refractivity contribution is 7.88. The number of carbonyl (C=O) groups excluding carboxylic acids is 1. The summed E-state index contributed by atoms with van der Waals surface area (Å²) in [6.07, 6.45) is 4.41. The van der Waals surface area contributed by atoms with Crippen LogP contribution >= 0.6 is 0 Å². The largest absolute Gasteiger partial charge is 0.467 e. The quantitative estimate of drug-likeness (QED) is 0.786. The molecule has 0 unspecified atom stereocenters. The van der Waals surface area contributed by atoms with E-state index in [9.17, 15) is 13.2 Å². The van der Waals surface area contributed by atoms with Crippen molar-refractivity contribution in [3.05, 3.63) is 24.2 Å². The molecule has 1 rings (SSSR count). The topological polar surface area (TPSA) is 79.6 Å². The smallest absolute Gasteiger partial charge is 0.240 e. The van der Waals surface area contributed by atoms with Crippen molar-refractivity contribution in [1.29, 1.82) is 0 Å². The Bertz CT molecular complexity index is 510. The van der Waals surface area contributed by atoms with Crippen LogP contribution in [-0.2, 0) is 21.4 Å². The Morgan fingerprint density at radius 1 is 1.50 bits per heavy atom. The molecule has 7 heteroatoms. The van der Waals surface area contributed by atoms with Gasteiger partial charge in [-0.1, -0.05) is 13.3 Å². The van der Waals surface area contributed by atoms with Crippen LogP contribution in [0.3, 0.4) is 0 Å². The summed E-state index contributed by atoms with van der Waals surface area (Å²) in [5, 5.41) is 0. The van der Waals surface area contributed by atoms with Crippen LogP contribution in [0.4, 0.5) is 0 Å². The highest BCUT2D eigenvalue weighted by Gasteiger charge is 2.23. The number of hydrogen-bond acceptors (Lipinski definition) is 4. The Morgan fingerprint density at radius 3 is 2.70 bits per heavy atom. The van der Waals surface area contributed by atoms with Gasteiger partial charge in [-0.3, -0.25) is 4.79 Å². The molecule has 0 radical (unpaired) electrons. The van der Waals surface area contributed by atoms with Crippen LogP contribution in [0.15, 0.2) is 22.8 Å². The van der Waals surface area contributed by atoms with E-state index in [2.05, 4.69) is 4.72 Å². The third kappa shape index (κ3) is 5.75. The molecule has 0 fully saturated rings. The monoisotopic (exact) mass is 302 g/mol. The summed E-state index contributed by atoms with van der Waals surface area (Å²) in [5.41, 5.74) is 0. The first kappa shape index (κ1) is 16.7. The molecule has 0 aliphatic carbocycles. The van der Waals surface area contributed by atoms with Crippen LogP contribution in [0.5, 0.6) is 0 Å². The molecule has 0 bridgehead atoms. The molecular weight excluding hydrogens is 280 g/mol. The number of amides is 1. The van der Waals surface area contributed by atoms with Crippen LogP contribution in [-0.4, -0.2) is 38.1 Å². The molecule has 1 N–H and O–H groups in total. The maximum absolute atomic E-state index is 12.3. The molecular formula is C13H22N2O4S. The zero-order valence-corrected chi connectivity index (χ0v) is 12.9. The maximum atomic E-state index is 12.3. The Hall–Kier alpha value is -1.34. The van der Waals surface area contributed by atoms with Crippen molar-refractivity contribution in [3.8, 4) is 0 Å². The molecule has 1 heterocycles. The second-order valence-corrected chi connectivity index (χ2v) is 6.58. The number of nitrogens with one attached hydrogen (secondary N) is 1. The normalized spacial score (nSPS) is 13.2. The minimum Gasteiger partial charge on any atom is -0.467 e. The van der Waals surface area contributed by atoms with Crippen molar-refractivity contribution in [3.63, 3.8) is 0 Å². The lowest BCUT2D eigenvalue weighted by Gasteiger charge is -2.25. The van der Waals surface area contributed by atoms with E-state index in [0.29, 0.717) is 18.8 Å². The van der Waals surface area contributed by atoms with Gasteiger partial charge in [0, 0.05) is 6.54 Å². The maximum Gasteiger partial charge on any atom is 0.240 e. The fourth-order valence-electron chi connectivity index (χ4n) is 1.85. The van der Waals surface area contributed by atoms with Gasteiger partial charge >= 0.3 is 0 Å². The summed E-state index contributed by atoms with van der Waals surface area (Å²) in [5.74, 6) is 0.432. The molecule has 1 aromatic heterocycles. The lowest BCUT2D eigenvalue weighted by atomic mass is 10.2. The van der Waals surface area contributed by atoms with Crippen LogP contribution < -0.4 is 4.72 Å². The molecule has 0 aromatic carbocycles. The van der Waals surface area contributed by atoms with E-state index in [-0.39, 0.29) is 5.91 Å². The number of carbonyl (C=O) groups is 1. The average Bonchev–Trinajstić information content (AvgIpc) is 2.84. The van der Waals surface area contributed by atoms with Gasteiger partial charge < -0.3 is 9.32 Å². The molecule has 6 nitrogen and oxygen atoms in total. The highest BCUT2D eigenvalue weighted by atomic mass is 32.2. The van der Waals surface area contributed by atoms with Crippen molar-refractivity contribution < 1.29 is 17.6 Å².